The smallest absolute Gasteiger partial charge is 0.138 e. The second-order valence-electron chi connectivity index (χ2n) is 5.31. The Kier molecular flexibility index (Phi) is 4.01. The van der Waals surface area contributed by atoms with Crippen molar-refractivity contribution in [3.63, 3.8) is 0 Å². The van der Waals surface area contributed by atoms with E-state index in [0.717, 1.165) is 25.7 Å². The molecule has 2 aliphatic rings. The molecule has 16 heavy (non-hydrogen) atoms. The maximum atomic E-state index is 12.2. The molecule has 2 fully saturated rings. The molecule has 0 aromatic rings. The summed E-state index contributed by atoms with van der Waals surface area (Å²) in [7, 11) is 0. The van der Waals surface area contributed by atoms with Gasteiger partial charge in [-0.25, -0.2) is 0 Å². The summed E-state index contributed by atoms with van der Waals surface area (Å²) in [6.07, 6.45) is 8.19. The first-order chi connectivity index (χ1) is 7.77. The van der Waals surface area contributed by atoms with Crippen LogP contribution >= 0.6 is 0 Å². The van der Waals surface area contributed by atoms with Gasteiger partial charge < -0.3 is 4.74 Å². The third-order valence-corrected chi connectivity index (χ3v) is 4.27. The lowest BCUT2D eigenvalue weighted by Gasteiger charge is -2.19. The minimum absolute atomic E-state index is 0.222. The number of carbonyl (C=O) groups excluding carboxylic acids is 1. The van der Waals surface area contributed by atoms with Crippen molar-refractivity contribution in [2.45, 2.75) is 71.0 Å². The van der Waals surface area contributed by atoms with Crippen molar-refractivity contribution in [3.8, 4) is 0 Å². The zero-order chi connectivity index (χ0) is 11.5. The van der Waals surface area contributed by atoms with Gasteiger partial charge >= 0.3 is 0 Å². The van der Waals surface area contributed by atoms with Crippen LogP contribution in [0, 0.1) is 11.8 Å². The number of fused-ring (bicyclic) bond motifs is 1. The summed E-state index contributed by atoms with van der Waals surface area (Å²) >= 11 is 0. The number of unbranched alkanes of at least 4 members (excludes halogenated alkanes) is 1. The Bertz CT molecular complexity index is 249. The van der Waals surface area contributed by atoms with E-state index in [-0.39, 0.29) is 12.0 Å². The molecule has 1 aliphatic heterocycles. The monoisotopic (exact) mass is 224 g/mol. The van der Waals surface area contributed by atoms with Crippen LogP contribution in [0.3, 0.4) is 0 Å². The lowest BCUT2D eigenvalue weighted by molar-refractivity contribution is -0.125. The topological polar surface area (TPSA) is 26.3 Å². The van der Waals surface area contributed by atoms with Crippen molar-refractivity contribution >= 4 is 5.78 Å². The minimum Gasteiger partial charge on any atom is -0.374 e. The molecule has 0 aromatic carbocycles. The summed E-state index contributed by atoms with van der Waals surface area (Å²) in [5, 5.41) is 0. The first kappa shape index (κ1) is 12.1. The summed E-state index contributed by atoms with van der Waals surface area (Å²) in [6, 6.07) is 0. The van der Waals surface area contributed by atoms with Crippen molar-refractivity contribution in [2.75, 3.05) is 0 Å². The molecule has 1 saturated carbocycles. The Morgan fingerprint density at radius 1 is 1.31 bits per heavy atom. The van der Waals surface area contributed by atoms with Gasteiger partial charge in [0.05, 0.1) is 12.2 Å². The molecule has 0 spiro atoms. The van der Waals surface area contributed by atoms with Crippen molar-refractivity contribution in [1.82, 2.24) is 0 Å². The van der Waals surface area contributed by atoms with Crippen molar-refractivity contribution < 1.29 is 9.53 Å². The molecule has 2 heteroatoms. The highest BCUT2D eigenvalue weighted by Crippen LogP contribution is 2.44. The number of rotatable bonds is 5. The number of Topliss-reactive ketones (excluding diaryl/α,β-unsaturated/α-hetero) is 1. The quantitative estimate of drug-likeness (QED) is 0.716. The van der Waals surface area contributed by atoms with E-state index in [4.69, 9.17) is 4.74 Å². The number of ketones is 1. The van der Waals surface area contributed by atoms with Crippen molar-refractivity contribution in [3.05, 3.63) is 0 Å². The predicted molar refractivity (Wildman–Crippen MR) is 64.3 cm³/mol. The van der Waals surface area contributed by atoms with Crippen LogP contribution < -0.4 is 0 Å². The van der Waals surface area contributed by atoms with Crippen LogP contribution in [0.25, 0.3) is 0 Å². The van der Waals surface area contributed by atoms with E-state index in [1.54, 1.807) is 0 Å². The maximum absolute atomic E-state index is 12.2. The van der Waals surface area contributed by atoms with E-state index in [9.17, 15) is 4.79 Å². The Morgan fingerprint density at radius 2 is 2.12 bits per heavy atom. The van der Waals surface area contributed by atoms with E-state index in [1.807, 2.05) is 0 Å². The number of carbonyl (C=O) groups is 1. The molecule has 4 atom stereocenters. The van der Waals surface area contributed by atoms with E-state index < -0.39 is 0 Å². The van der Waals surface area contributed by atoms with Gasteiger partial charge in [0.2, 0.25) is 0 Å². The second-order valence-corrected chi connectivity index (χ2v) is 5.31. The Hall–Kier alpha value is -0.370. The fourth-order valence-electron chi connectivity index (χ4n) is 3.43. The largest absolute Gasteiger partial charge is 0.374 e. The average molecular weight is 224 g/mol. The number of hydrogen-bond acceptors (Lipinski definition) is 2. The Balaban J connectivity index is 2.01. The molecule has 0 N–H and O–H groups in total. The average Bonchev–Trinajstić information content (AvgIpc) is 2.84. The van der Waals surface area contributed by atoms with Gasteiger partial charge in [-0.05, 0) is 31.6 Å². The third kappa shape index (κ3) is 2.17. The van der Waals surface area contributed by atoms with Gasteiger partial charge in [-0.15, -0.1) is 0 Å². The fourth-order valence-corrected chi connectivity index (χ4v) is 3.43. The van der Waals surface area contributed by atoms with E-state index in [1.165, 1.54) is 19.3 Å². The number of ether oxygens (including phenoxy) is 1. The lowest BCUT2D eigenvalue weighted by Crippen LogP contribution is -2.28. The highest BCUT2D eigenvalue weighted by atomic mass is 16.5. The van der Waals surface area contributed by atoms with Crippen molar-refractivity contribution in [1.29, 1.82) is 0 Å². The van der Waals surface area contributed by atoms with Crippen LogP contribution in [-0.2, 0) is 9.53 Å². The molecule has 0 aromatic heterocycles. The molecule has 1 saturated heterocycles. The Morgan fingerprint density at radius 3 is 2.81 bits per heavy atom. The molecule has 92 valence electrons. The van der Waals surface area contributed by atoms with Crippen molar-refractivity contribution in [2.24, 2.45) is 11.8 Å². The molecule has 0 bridgehead atoms. The zero-order valence-corrected chi connectivity index (χ0v) is 10.6. The summed E-state index contributed by atoms with van der Waals surface area (Å²) in [6.45, 7) is 4.29. The maximum Gasteiger partial charge on any atom is 0.138 e. The molecule has 0 radical (unpaired) electrons. The molecular formula is C14H24O2. The first-order valence-corrected chi connectivity index (χ1v) is 6.96. The van der Waals surface area contributed by atoms with Crippen LogP contribution in [0.2, 0.25) is 0 Å². The summed E-state index contributed by atoms with van der Waals surface area (Å²) < 4.78 is 6.03. The molecule has 2 nitrogen and oxygen atoms in total. The first-order valence-electron chi connectivity index (χ1n) is 6.96. The predicted octanol–water partition coefficient (Wildman–Crippen LogP) is 3.34. The molecule has 0 amide bonds. The number of hydrogen-bond donors (Lipinski definition) is 0. The molecule has 1 aliphatic carbocycles. The van der Waals surface area contributed by atoms with Gasteiger partial charge in [-0.2, -0.15) is 0 Å². The Labute approximate surface area is 98.7 Å². The van der Waals surface area contributed by atoms with Gasteiger partial charge in [0.25, 0.3) is 0 Å². The summed E-state index contributed by atoms with van der Waals surface area (Å²) in [5.41, 5.74) is 0. The fraction of sp³-hybridized carbons (Fsp3) is 0.929. The minimum atomic E-state index is 0.222. The second kappa shape index (κ2) is 5.31. The highest BCUT2D eigenvalue weighted by Gasteiger charge is 2.48. The van der Waals surface area contributed by atoms with E-state index in [0.29, 0.717) is 17.8 Å². The van der Waals surface area contributed by atoms with Gasteiger partial charge in [-0.1, -0.05) is 26.7 Å². The van der Waals surface area contributed by atoms with Crippen LogP contribution in [0.1, 0.15) is 58.8 Å². The van der Waals surface area contributed by atoms with Gasteiger partial charge in [0, 0.05) is 12.3 Å². The highest BCUT2D eigenvalue weighted by molar-refractivity contribution is 5.82. The van der Waals surface area contributed by atoms with E-state index in [2.05, 4.69) is 13.8 Å². The summed E-state index contributed by atoms with van der Waals surface area (Å²) in [4.78, 5) is 12.2. The van der Waals surface area contributed by atoms with Gasteiger partial charge in [-0.3, -0.25) is 4.79 Å². The van der Waals surface area contributed by atoms with Crippen LogP contribution in [0.15, 0.2) is 0 Å². The van der Waals surface area contributed by atoms with Crippen LogP contribution in [-0.4, -0.2) is 18.0 Å². The van der Waals surface area contributed by atoms with E-state index >= 15 is 0 Å². The van der Waals surface area contributed by atoms with Crippen LogP contribution in [0.5, 0.6) is 0 Å². The standard InChI is InChI=1S/C14H24O2/c1-3-5-8-11(15)14-10-7-6-9-13(10)16-12(14)4-2/h10,12-14H,3-9H2,1-2H3/t10-,12-,13+,14+/m0/s1. The van der Waals surface area contributed by atoms with Crippen LogP contribution in [0.4, 0.5) is 0 Å². The molecule has 2 rings (SSSR count). The molecular weight excluding hydrogens is 200 g/mol. The van der Waals surface area contributed by atoms with Gasteiger partial charge in [0.15, 0.2) is 0 Å². The molecule has 0 unspecified atom stereocenters. The summed E-state index contributed by atoms with van der Waals surface area (Å²) in [5.74, 6) is 1.25. The zero-order valence-electron chi connectivity index (χ0n) is 10.6. The molecule has 1 heterocycles. The normalized spacial score (nSPS) is 37.6. The lowest BCUT2D eigenvalue weighted by atomic mass is 9.82. The third-order valence-electron chi connectivity index (χ3n) is 4.27. The van der Waals surface area contributed by atoms with Gasteiger partial charge in [0.1, 0.15) is 5.78 Å². The SMILES string of the molecule is CCCCC(=O)[C@H]1[C@H]2CCC[C@H]2O[C@H]1CC.